The highest BCUT2D eigenvalue weighted by molar-refractivity contribution is 5.20. The number of hydrogen-bond donors (Lipinski definition) is 1. The van der Waals surface area contributed by atoms with Gasteiger partial charge < -0.3 is 9.73 Å². The van der Waals surface area contributed by atoms with Gasteiger partial charge in [-0.15, -0.1) is 0 Å². The van der Waals surface area contributed by atoms with Crippen molar-refractivity contribution in [1.82, 2.24) is 10.2 Å². The minimum absolute atomic E-state index is 0.745. The Hall–Kier alpha value is -0.800. The van der Waals surface area contributed by atoms with Crippen molar-refractivity contribution in [3.63, 3.8) is 0 Å². The first kappa shape index (κ1) is 14.2. The van der Waals surface area contributed by atoms with Gasteiger partial charge >= 0.3 is 0 Å². The van der Waals surface area contributed by atoms with Crippen molar-refractivity contribution in [3.05, 3.63) is 23.2 Å². The smallest absolute Gasteiger partial charge is 0.120 e. The van der Waals surface area contributed by atoms with E-state index in [9.17, 15) is 0 Å². The first-order valence-electron chi connectivity index (χ1n) is 8.28. The maximum absolute atomic E-state index is 6.07. The first-order chi connectivity index (χ1) is 9.74. The lowest BCUT2D eigenvalue weighted by atomic mass is 10.2. The Kier molecular flexibility index (Phi) is 4.47. The van der Waals surface area contributed by atoms with Crippen LogP contribution in [-0.2, 0) is 13.1 Å². The summed E-state index contributed by atoms with van der Waals surface area (Å²) in [5.41, 5.74) is 1.30. The van der Waals surface area contributed by atoms with Gasteiger partial charge in [0.05, 0.1) is 13.1 Å². The van der Waals surface area contributed by atoms with E-state index in [-0.39, 0.29) is 0 Å². The summed E-state index contributed by atoms with van der Waals surface area (Å²) in [6.07, 6.45) is 6.74. The van der Waals surface area contributed by atoms with Crippen LogP contribution >= 0.6 is 0 Å². The SMILES string of the molecule is CCCN(Cc1cc(C)c(CNC2CC2)o1)CC1CC1. The van der Waals surface area contributed by atoms with E-state index < -0.39 is 0 Å². The molecule has 3 rings (SSSR count). The summed E-state index contributed by atoms with van der Waals surface area (Å²) < 4.78 is 6.07. The van der Waals surface area contributed by atoms with Crippen LogP contribution < -0.4 is 5.32 Å². The van der Waals surface area contributed by atoms with Crippen molar-refractivity contribution >= 4 is 0 Å². The van der Waals surface area contributed by atoms with Crippen molar-refractivity contribution in [2.24, 2.45) is 5.92 Å². The molecule has 2 aliphatic rings. The highest BCUT2D eigenvalue weighted by Crippen LogP contribution is 2.30. The Morgan fingerprint density at radius 3 is 2.75 bits per heavy atom. The molecule has 0 bridgehead atoms. The maximum Gasteiger partial charge on any atom is 0.120 e. The molecule has 0 amide bonds. The Labute approximate surface area is 122 Å². The minimum Gasteiger partial charge on any atom is -0.463 e. The molecule has 2 saturated carbocycles. The molecular weight excluding hydrogens is 248 g/mol. The molecule has 2 fully saturated rings. The molecule has 2 aliphatic carbocycles. The molecule has 20 heavy (non-hydrogen) atoms. The molecule has 0 atom stereocenters. The van der Waals surface area contributed by atoms with Crippen LogP contribution in [-0.4, -0.2) is 24.0 Å². The van der Waals surface area contributed by atoms with E-state index in [2.05, 4.69) is 30.1 Å². The molecule has 0 aliphatic heterocycles. The number of furan rings is 1. The molecule has 1 heterocycles. The predicted octanol–water partition coefficient (Wildman–Crippen LogP) is 3.46. The monoisotopic (exact) mass is 276 g/mol. The van der Waals surface area contributed by atoms with Crippen molar-refractivity contribution in [2.75, 3.05) is 13.1 Å². The highest BCUT2D eigenvalue weighted by atomic mass is 16.3. The van der Waals surface area contributed by atoms with Crippen LogP contribution in [0.25, 0.3) is 0 Å². The molecule has 0 aromatic carbocycles. The van der Waals surface area contributed by atoms with Gasteiger partial charge in [0, 0.05) is 12.6 Å². The Bertz CT molecular complexity index is 432. The van der Waals surface area contributed by atoms with Crippen molar-refractivity contribution in [1.29, 1.82) is 0 Å². The normalized spacial score (nSPS) is 18.9. The number of nitrogens with zero attached hydrogens (tertiary/aromatic N) is 1. The zero-order valence-electron chi connectivity index (χ0n) is 13.0. The fraction of sp³-hybridized carbons (Fsp3) is 0.765. The summed E-state index contributed by atoms with van der Waals surface area (Å²) >= 11 is 0. The van der Waals surface area contributed by atoms with Gasteiger partial charge in [0.2, 0.25) is 0 Å². The topological polar surface area (TPSA) is 28.4 Å². The third kappa shape index (κ3) is 4.10. The third-order valence-corrected chi connectivity index (χ3v) is 4.33. The number of aryl methyl sites for hydroxylation is 1. The lowest BCUT2D eigenvalue weighted by molar-refractivity contribution is 0.232. The average Bonchev–Trinajstić information content (AvgIpc) is 3.30. The minimum atomic E-state index is 0.745. The summed E-state index contributed by atoms with van der Waals surface area (Å²) in [7, 11) is 0. The Morgan fingerprint density at radius 1 is 1.30 bits per heavy atom. The first-order valence-corrected chi connectivity index (χ1v) is 8.28. The molecule has 0 unspecified atom stereocenters. The molecule has 3 heteroatoms. The summed E-state index contributed by atoms with van der Waals surface area (Å²) in [4.78, 5) is 2.56. The van der Waals surface area contributed by atoms with E-state index >= 15 is 0 Å². The van der Waals surface area contributed by atoms with Crippen LogP contribution in [0.4, 0.5) is 0 Å². The van der Waals surface area contributed by atoms with Crippen LogP contribution in [0.15, 0.2) is 10.5 Å². The van der Waals surface area contributed by atoms with Gasteiger partial charge in [0.1, 0.15) is 11.5 Å². The lowest BCUT2D eigenvalue weighted by Gasteiger charge is -2.20. The molecule has 112 valence electrons. The van der Waals surface area contributed by atoms with E-state index in [4.69, 9.17) is 4.42 Å². The lowest BCUT2D eigenvalue weighted by Crippen LogP contribution is -2.26. The van der Waals surface area contributed by atoms with Gasteiger partial charge in [0.25, 0.3) is 0 Å². The second-order valence-corrected chi connectivity index (χ2v) is 6.65. The zero-order chi connectivity index (χ0) is 13.9. The molecule has 0 spiro atoms. The summed E-state index contributed by atoms with van der Waals surface area (Å²) in [6, 6.07) is 2.98. The standard InChI is InChI=1S/C17H28N2O/c1-3-8-19(11-14-4-5-14)12-16-9-13(2)17(20-16)10-18-15-6-7-15/h9,14-15,18H,3-8,10-12H2,1-2H3. The van der Waals surface area contributed by atoms with Gasteiger partial charge in [-0.25, -0.2) is 0 Å². The van der Waals surface area contributed by atoms with Crippen molar-refractivity contribution in [2.45, 2.75) is 65.1 Å². The third-order valence-electron chi connectivity index (χ3n) is 4.33. The molecular formula is C17H28N2O. The second kappa shape index (κ2) is 6.31. The van der Waals surface area contributed by atoms with Gasteiger partial charge in [-0.2, -0.15) is 0 Å². The maximum atomic E-state index is 6.07. The summed E-state index contributed by atoms with van der Waals surface area (Å²) in [5.74, 6) is 3.23. The van der Waals surface area contributed by atoms with Crippen LogP contribution in [0.3, 0.4) is 0 Å². The van der Waals surface area contributed by atoms with Crippen LogP contribution in [0.5, 0.6) is 0 Å². The predicted molar refractivity (Wildman–Crippen MR) is 81.6 cm³/mol. The average molecular weight is 276 g/mol. The van der Waals surface area contributed by atoms with Crippen LogP contribution in [0.1, 0.15) is 56.1 Å². The molecule has 1 aromatic heterocycles. The van der Waals surface area contributed by atoms with E-state index in [1.807, 2.05) is 0 Å². The number of hydrogen-bond acceptors (Lipinski definition) is 3. The van der Waals surface area contributed by atoms with E-state index in [1.165, 1.54) is 50.8 Å². The fourth-order valence-electron chi connectivity index (χ4n) is 2.81. The molecule has 1 aromatic rings. The molecule has 1 N–H and O–H groups in total. The summed E-state index contributed by atoms with van der Waals surface area (Å²) in [6.45, 7) is 8.75. The van der Waals surface area contributed by atoms with E-state index in [0.717, 1.165) is 36.6 Å². The fourth-order valence-corrected chi connectivity index (χ4v) is 2.81. The van der Waals surface area contributed by atoms with Gasteiger partial charge in [0.15, 0.2) is 0 Å². The quantitative estimate of drug-likeness (QED) is 0.748. The van der Waals surface area contributed by atoms with Crippen molar-refractivity contribution in [3.8, 4) is 0 Å². The Balaban J connectivity index is 1.55. The van der Waals surface area contributed by atoms with E-state index in [1.54, 1.807) is 0 Å². The molecule has 0 radical (unpaired) electrons. The Morgan fingerprint density at radius 2 is 2.10 bits per heavy atom. The van der Waals surface area contributed by atoms with Crippen LogP contribution in [0, 0.1) is 12.8 Å². The highest BCUT2D eigenvalue weighted by Gasteiger charge is 2.25. The van der Waals surface area contributed by atoms with Crippen molar-refractivity contribution < 1.29 is 4.42 Å². The van der Waals surface area contributed by atoms with Gasteiger partial charge in [-0.1, -0.05) is 6.92 Å². The zero-order valence-corrected chi connectivity index (χ0v) is 13.0. The molecule has 0 saturated heterocycles. The van der Waals surface area contributed by atoms with Gasteiger partial charge in [-0.05, 0) is 63.1 Å². The number of nitrogens with one attached hydrogen (secondary N) is 1. The van der Waals surface area contributed by atoms with E-state index in [0.29, 0.717) is 0 Å². The second-order valence-electron chi connectivity index (χ2n) is 6.65. The largest absolute Gasteiger partial charge is 0.463 e. The summed E-state index contributed by atoms with van der Waals surface area (Å²) in [5, 5.41) is 3.54. The molecule has 3 nitrogen and oxygen atoms in total. The van der Waals surface area contributed by atoms with Gasteiger partial charge in [-0.3, -0.25) is 4.90 Å². The number of rotatable bonds is 9. The van der Waals surface area contributed by atoms with Crippen LogP contribution in [0.2, 0.25) is 0 Å².